The predicted octanol–water partition coefficient (Wildman–Crippen LogP) is 3.60. The van der Waals surface area contributed by atoms with E-state index in [-0.39, 0.29) is 28.7 Å². The number of ether oxygens (including phenoxy) is 1. The number of aromatic nitrogens is 2. The van der Waals surface area contributed by atoms with Gasteiger partial charge in [-0.1, -0.05) is 43.2 Å². The minimum Gasteiger partial charge on any atom is -0.478 e. The number of nitrogens with one attached hydrogen (secondary N) is 2. The zero-order chi connectivity index (χ0) is 20.6. The standard InChI is InChI=1S/C19H23FN4O4S/c1-12(27-15-10-6-5-9-14(15)20)17-23-24-19(28-17)29-11-16(25)22-18(26)21-13-7-3-2-4-8-13/h5-6,9-10,12-13H,2-4,7-8,11H2,1H3,(H2,21,22,25,26)/t12-/m0/s1. The molecule has 1 atom stereocenters. The molecular weight excluding hydrogens is 399 g/mol. The van der Waals surface area contributed by atoms with E-state index >= 15 is 0 Å². The van der Waals surface area contributed by atoms with Crippen molar-refractivity contribution < 1.29 is 23.1 Å². The van der Waals surface area contributed by atoms with E-state index in [1.165, 1.54) is 18.6 Å². The first-order valence-electron chi connectivity index (χ1n) is 9.49. The minimum atomic E-state index is -0.663. The molecule has 1 heterocycles. The maximum Gasteiger partial charge on any atom is 0.321 e. The first kappa shape index (κ1) is 21.1. The number of nitrogens with zero attached hydrogens (tertiary/aromatic N) is 2. The first-order valence-corrected chi connectivity index (χ1v) is 10.5. The summed E-state index contributed by atoms with van der Waals surface area (Å²) >= 11 is 1.00. The molecule has 3 rings (SSSR count). The zero-order valence-corrected chi connectivity index (χ0v) is 16.8. The minimum absolute atomic E-state index is 0.0533. The summed E-state index contributed by atoms with van der Waals surface area (Å²) in [6.07, 6.45) is 4.58. The molecule has 0 aliphatic heterocycles. The number of carbonyl (C=O) groups is 2. The molecule has 0 unspecified atom stereocenters. The van der Waals surface area contributed by atoms with Crippen molar-refractivity contribution in [2.45, 2.75) is 56.4 Å². The second-order valence-corrected chi connectivity index (χ2v) is 7.67. The van der Waals surface area contributed by atoms with Gasteiger partial charge in [0, 0.05) is 6.04 Å². The van der Waals surface area contributed by atoms with Crippen LogP contribution in [0.15, 0.2) is 33.9 Å². The Kier molecular flexibility index (Phi) is 7.45. The van der Waals surface area contributed by atoms with Crippen LogP contribution >= 0.6 is 11.8 Å². The summed E-state index contributed by atoms with van der Waals surface area (Å²) in [7, 11) is 0. The van der Waals surface area contributed by atoms with Crippen LogP contribution in [0.1, 0.15) is 51.0 Å². The van der Waals surface area contributed by atoms with Gasteiger partial charge in [-0.2, -0.15) is 0 Å². The van der Waals surface area contributed by atoms with E-state index in [0.717, 1.165) is 37.4 Å². The normalized spacial score (nSPS) is 15.5. The van der Waals surface area contributed by atoms with Crippen LogP contribution in [0, 0.1) is 5.82 Å². The summed E-state index contributed by atoms with van der Waals surface area (Å²) < 4.78 is 24.6. The highest BCUT2D eigenvalue weighted by Crippen LogP contribution is 2.25. The van der Waals surface area contributed by atoms with Crippen LogP contribution in [-0.2, 0) is 4.79 Å². The number of carbonyl (C=O) groups excluding carboxylic acids is 2. The monoisotopic (exact) mass is 422 g/mol. The van der Waals surface area contributed by atoms with E-state index in [2.05, 4.69) is 20.8 Å². The van der Waals surface area contributed by atoms with Crippen LogP contribution in [0.5, 0.6) is 5.75 Å². The highest BCUT2D eigenvalue weighted by molar-refractivity contribution is 7.99. The molecule has 1 aliphatic carbocycles. The molecule has 0 saturated heterocycles. The lowest BCUT2D eigenvalue weighted by molar-refractivity contribution is -0.117. The van der Waals surface area contributed by atoms with Gasteiger partial charge in [0.15, 0.2) is 17.7 Å². The van der Waals surface area contributed by atoms with Crippen LogP contribution in [0.4, 0.5) is 9.18 Å². The molecule has 0 spiro atoms. The molecule has 1 aromatic carbocycles. The molecule has 156 valence electrons. The van der Waals surface area contributed by atoms with E-state index in [4.69, 9.17) is 9.15 Å². The fourth-order valence-corrected chi connectivity index (χ4v) is 3.55. The SMILES string of the molecule is C[C@H](Oc1ccccc1F)c1nnc(SCC(=O)NC(=O)NC2CCCCC2)o1. The number of hydrogen-bond acceptors (Lipinski definition) is 7. The van der Waals surface area contributed by atoms with Gasteiger partial charge in [-0.3, -0.25) is 10.1 Å². The number of halogens is 1. The summed E-state index contributed by atoms with van der Waals surface area (Å²) in [5, 5.41) is 13.0. The molecule has 2 aromatic rings. The fraction of sp³-hybridized carbons (Fsp3) is 0.474. The van der Waals surface area contributed by atoms with Crippen molar-refractivity contribution in [2.24, 2.45) is 0 Å². The van der Waals surface area contributed by atoms with E-state index in [0.29, 0.717) is 0 Å². The van der Waals surface area contributed by atoms with E-state index in [9.17, 15) is 14.0 Å². The lowest BCUT2D eigenvalue weighted by Crippen LogP contribution is -2.45. The van der Waals surface area contributed by atoms with Crippen molar-refractivity contribution in [3.8, 4) is 5.75 Å². The van der Waals surface area contributed by atoms with Gasteiger partial charge in [0.05, 0.1) is 5.75 Å². The molecule has 8 nitrogen and oxygen atoms in total. The van der Waals surface area contributed by atoms with E-state index in [1.807, 2.05) is 0 Å². The summed E-state index contributed by atoms with van der Waals surface area (Å²) in [6, 6.07) is 5.65. The van der Waals surface area contributed by atoms with Gasteiger partial charge in [0.1, 0.15) is 0 Å². The Morgan fingerprint density at radius 2 is 2.03 bits per heavy atom. The van der Waals surface area contributed by atoms with Crippen LogP contribution in [0.2, 0.25) is 0 Å². The second-order valence-electron chi connectivity index (χ2n) is 6.74. The lowest BCUT2D eigenvalue weighted by atomic mass is 9.96. The number of rotatable bonds is 7. The number of para-hydroxylation sites is 1. The molecule has 3 amide bonds. The topological polar surface area (TPSA) is 106 Å². The maximum atomic E-state index is 13.7. The van der Waals surface area contributed by atoms with Gasteiger partial charge in [0.2, 0.25) is 5.91 Å². The van der Waals surface area contributed by atoms with Crippen molar-refractivity contribution in [3.05, 3.63) is 36.0 Å². The average Bonchev–Trinajstić information content (AvgIpc) is 3.18. The molecule has 1 aromatic heterocycles. The van der Waals surface area contributed by atoms with E-state index in [1.54, 1.807) is 19.1 Å². The number of urea groups is 1. The molecule has 0 bridgehead atoms. The number of benzene rings is 1. The van der Waals surface area contributed by atoms with Crippen LogP contribution < -0.4 is 15.4 Å². The van der Waals surface area contributed by atoms with Crippen molar-refractivity contribution in [3.63, 3.8) is 0 Å². The third kappa shape index (κ3) is 6.45. The first-order chi connectivity index (χ1) is 14.0. The predicted molar refractivity (Wildman–Crippen MR) is 104 cm³/mol. The molecule has 29 heavy (non-hydrogen) atoms. The van der Waals surface area contributed by atoms with Crippen LogP contribution in [-0.4, -0.2) is 33.9 Å². The molecular formula is C19H23FN4O4S. The molecule has 1 saturated carbocycles. The Bertz CT molecular complexity index is 841. The number of imide groups is 1. The zero-order valence-electron chi connectivity index (χ0n) is 16.0. The van der Waals surface area contributed by atoms with Gasteiger partial charge < -0.3 is 14.5 Å². The Morgan fingerprint density at radius 1 is 1.28 bits per heavy atom. The van der Waals surface area contributed by atoms with Gasteiger partial charge in [0.25, 0.3) is 11.1 Å². The van der Waals surface area contributed by atoms with Crippen molar-refractivity contribution in [2.75, 3.05) is 5.75 Å². The molecule has 1 fully saturated rings. The summed E-state index contributed by atoms with van der Waals surface area (Å²) in [5.74, 6) is -0.764. The van der Waals surface area contributed by atoms with Crippen molar-refractivity contribution in [1.82, 2.24) is 20.8 Å². The molecule has 10 heteroatoms. The Balaban J connectivity index is 1.43. The maximum absolute atomic E-state index is 13.7. The van der Waals surface area contributed by atoms with E-state index < -0.39 is 23.9 Å². The molecule has 0 radical (unpaired) electrons. The summed E-state index contributed by atoms with van der Waals surface area (Å²) in [6.45, 7) is 1.65. The number of thioether (sulfide) groups is 1. The Morgan fingerprint density at radius 3 is 2.79 bits per heavy atom. The quantitative estimate of drug-likeness (QED) is 0.657. The molecule has 2 N–H and O–H groups in total. The Hall–Kier alpha value is -2.62. The largest absolute Gasteiger partial charge is 0.478 e. The van der Waals surface area contributed by atoms with Crippen LogP contribution in [0.3, 0.4) is 0 Å². The summed E-state index contributed by atoms with van der Waals surface area (Å²) in [4.78, 5) is 23.8. The van der Waals surface area contributed by atoms with Crippen molar-refractivity contribution >= 4 is 23.7 Å². The third-order valence-electron chi connectivity index (χ3n) is 4.43. The number of amides is 3. The summed E-state index contributed by atoms with van der Waals surface area (Å²) in [5.41, 5.74) is 0. The van der Waals surface area contributed by atoms with Gasteiger partial charge in [-0.05, 0) is 31.9 Å². The third-order valence-corrected chi connectivity index (χ3v) is 5.25. The van der Waals surface area contributed by atoms with Crippen LogP contribution in [0.25, 0.3) is 0 Å². The van der Waals surface area contributed by atoms with Gasteiger partial charge in [-0.15, -0.1) is 10.2 Å². The van der Waals surface area contributed by atoms with Gasteiger partial charge >= 0.3 is 6.03 Å². The smallest absolute Gasteiger partial charge is 0.321 e. The molecule has 1 aliphatic rings. The lowest BCUT2D eigenvalue weighted by Gasteiger charge is -2.22. The Labute approximate surface area is 172 Å². The van der Waals surface area contributed by atoms with Gasteiger partial charge in [-0.25, -0.2) is 9.18 Å². The highest BCUT2D eigenvalue weighted by Gasteiger charge is 2.20. The average molecular weight is 422 g/mol. The highest BCUT2D eigenvalue weighted by atomic mass is 32.2. The fourth-order valence-electron chi connectivity index (χ4n) is 2.98. The second kappa shape index (κ2) is 10.2. The number of hydrogen-bond donors (Lipinski definition) is 2. The van der Waals surface area contributed by atoms with Crippen molar-refractivity contribution in [1.29, 1.82) is 0 Å².